The molecule has 0 radical (unpaired) electrons. The van der Waals surface area contributed by atoms with E-state index in [9.17, 15) is 4.79 Å². The van der Waals surface area contributed by atoms with Gasteiger partial charge in [0.1, 0.15) is 0 Å². The SMILES string of the molecule is CN1CCN(CC2CSc3ccccc32)C(C)(C)C1=O. The van der Waals surface area contributed by atoms with Crippen LogP contribution in [0.1, 0.15) is 25.3 Å². The quantitative estimate of drug-likeness (QED) is 0.836. The Morgan fingerprint density at radius 2 is 2.05 bits per heavy atom. The number of nitrogens with zero attached hydrogens (tertiary/aromatic N) is 2. The van der Waals surface area contributed by atoms with E-state index in [-0.39, 0.29) is 11.4 Å². The van der Waals surface area contributed by atoms with Gasteiger partial charge in [-0.2, -0.15) is 0 Å². The summed E-state index contributed by atoms with van der Waals surface area (Å²) in [5.74, 6) is 1.92. The molecular weight excluding hydrogens is 268 g/mol. The van der Waals surface area contributed by atoms with Crippen LogP contribution in [0.15, 0.2) is 29.2 Å². The first kappa shape index (κ1) is 14.0. The molecule has 20 heavy (non-hydrogen) atoms. The smallest absolute Gasteiger partial charge is 0.242 e. The van der Waals surface area contributed by atoms with Crippen molar-refractivity contribution in [3.63, 3.8) is 0 Å². The third kappa shape index (κ3) is 2.25. The molecule has 0 bridgehead atoms. The lowest BCUT2D eigenvalue weighted by molar-refractivity contribution is -0.147. The number of thioether (sulfide) groups is 1. The molecular formula is C16H22N2OS. The molecule has 2 aliphatic rings. The molecule has 1 amide bonds. The number of fused-ring (bicyclic) bond motifs is 1. The van der Waals surface area contributed by atoms with Crippen molar-refractivity contribution in [2.24, 2.45) is 0 Å². The molecule has 108 valence electrons. The van der Waals surface area contributed by atoms with Crippen molar-refractivity contribution in [2.45, 2.75) is 30.2 Å². The normalized spacial score (nSPS) is 25.9. The maximum atomic E-state index is 12.4. The van der Waals surface area contributed by atoms with Gasteiger partial charge in [-0.3, -0.25) is 9.69 Å². The number of piperazine rings is 1. The molecule has 4 heteroatoms. The number of carbonyl (C=O) groups excluding carboxylic acids is 1. The molecule has 0 spiro atoms. The summed E-state index contributed by atoms with van der Waals surface area (Å²) in [5, 5.41) is 0. The minimum Gasteiger partial charge on any atom is -0.343 e. The monoisotopic (exact) mass is 290 g/mol. The van der Waals surface area contributed by atoms with Crippen molar-refractivity contribution in [1.29, 1.82) is 0 Å². The van der Waals surface area contributed by atoms with Crippen molar-refractivity contribution in [3.8, 4) is 0 Å². The summed E-state index contributed by atoms with van der Waals surface area (Å²) in [5.41, 5.74) is 1.08. The van der Waals surface area contributed by atoms with Gasteiger partial charge in [0.15, 0.2) is 0 Å². The first-order valence-electron chi connectivity index (χ1n) is 7.22. The molecule has 2 aliphatic heterocycles. The average Bonchev–Trinajstić information content (AvgIpc) is 2.83. The van der Waals surface area contributed by atoms with Gasteiger partial charge in [0.05, 0.1) is 5.54 Å². The molecule has 3 rings (SSSR count). The van der Waals surface area contributed by atoms with Crippen LogP contribution in [-0.2, 0) is 4.79 Å². The van der Waals surface area contributed by atoms with E-state index in [4.69, 9.17) is 0 Å². The van der Waals surface area contributed by atoms with Crippen LogP contribution in [0, 0.1) is 0 Å². The van der Waals surface area contributed by atoms with E-state index < -0.39 is 0 Å². The summed E-state index contributed by atoms with van der Waals surface area (Å²) < 4.78 is 0. The van der Waals surface area contributed by atoms with Crippen LogP contribution >= 0.6 is 11.8 Å². The van der Waals surface area contributed by atoms with E-state index >= 15 is 0 Å². The Hall–Kier alpha value is -1.00. The van der Waals surface area contributed by atoms with Gasteiger partial charge in [-0.25, -0.2) is 0 Å². The molecule has 1 aromatic carbocycles. The van der Waals surface area contributed by atoms with Gasteiger partial charge in [0.25, 0.3) is 0 Å². The lowest BCUT2D eigenvalue weighted by Crippen LogP contribution is -2.62. The van der Waals surface area contributed by atoms with E-state index in [1.165, 1.54) is 10.5 Å². The number of benzene rings is 1. The number of carbonyl (C=O) groups is 1. The zero-order chi connectivity index (χ0) is 14.3. The summed E-state index contributed by atoms with van der Waals surface area (Å²) in [6.45, 7) is 6.90. The van der Waals surface area contributed by atoms with Crippen LogP contribution in [0.4, 0.5) is 0 Å². The number of amides is 1. The molecule has 0 aromatic heterocycles. The van der Waals surface area contributed by atoms with Crippen LogP contribution in [0.2, 0.25) is 0 Å². The number of hydrogen-bond donors (Lipinski definition) is 0. The van der Waals surface area contributed by atoms with E-state index in [0.29, 0.717) is 5.92 Å². The van der Waals surface area contributed by atoms with Gasteiger partial charge in [0, 0.05) is 43.2 Å². The Morgan fingerprint density at radius 3 is 2.85 bits per heavy atom. The first-order chi connectivity index (χ1) is 9.50. The molecule has 1 unspecified atom stereocenters. The molecule has 1 saturated heterocycles. The van der Waals surface area contributed by atoms with Gasteiger partial charge >= 0.3 is 0 Å². The summed E-state index contributed by atoms with van der Waals surface area (Å²) in [6, 6.07) is 8.68. The standard InChI is InChI=1S/C16H22N2OS/c1-16(2)15(19)17(3)8-9-18(16)10-12-11-20-14-7-5-4-6-13(12)14/h4-7,12H,8-11H2,1-3H3. The number of likely N-dealkylation sites (N-methyl/N-ethyl adjacent to an activating group) is 1. The van der Waals surface area contributed by atoms with Gasteiger partial charge in [-0.15, -0.1) is 11.8 Å². The molecule has 3 nitrogen and oxygen atoms in total. The van der Waals surface area contributed by atoms with Crippen molar-refractivity contribution in [3.05, 3.63) is 29.8 Å². The second-order valence-corrected chi connectivity index (χ2v) is 7.34. The molecule has 0 saturated carbocycles. The van der Waals surface area contributed by atoms with Crippen molar-refractivity contribution in [1.82, 2.24) is 9.80 Å². The maximum Gasteiger partial charge on any atom is 0.242 e. The predicted molar refractivity (Wildman–Crippen MR) is 83.2 cm³/mol. The van der Waals surface area contributed by atoms with E-state index in [0.717, 1.165) is 25.4 Å². The van der Waals surface area contributed by atoms with Gasteiger partial charge in [-0.05, 0) is 25.5 Å². The topological polar surface area (TPSA) is 23.6 Å². The maximum absolute atomic E-state index is 12.4. The van der Waals surface area contributed by atoms with E-state index in [1.807, 2.05) is 23.7 Å². The Morgan fingerprint density at radius 1 is 1.30 bits per heavy atom. The highest BCUT2D eigenvalue weighted by Gasteiger charge is 2.41. The number of hydrogen-bond acceptors (Lipinski definition) is 3. The fourth-order valence-corrected chi connectivity index (χ4v) is 4.46. The molecule has 0 aliphatic carbocycles. The van der Waals surface area contributed by atoms with Crippen molar-refractivity contribution >= 4 is 17.7 Å². The Balaban J connectivity index is 1.77. The molecule has 0 N–H and O–H groups in total. The summed E-state index contributed by atoms with van der Waals surface area (Å²) in [4.78, 5) is 18.0. The van der Waals surface area contributed by atoms with Gasteiger partial charge in [0.2, 0.25) is 5.91 Å². The van der Waals surface area contributed by atoms with Gasteiger partial charge in [-0.1, -0.05) is 18.2 Å². The van der Waals surface area contributed by atoms with Crippen LogP contribution < -0.4 is 0 Å². The lowest BCUT2D eigenvalue weighted by atomic mass is 9.93. The Labute approximate surface area is 125 Å². The lowest BCUT2D eigenvalue weighted by Gasteiger charge is -2.45. The third-order valence-electron chi connectivity index (χ3n) is 4.61. The zero-order valence-corrected chi connectivity index (χ0v) is 13.2. The van der Waals surface area contributed by atoms with E-state index in [2.05, 4.69) is 43.0 Å². The fourth-order valence-electron chi connectivity index (χ4n) is 3.22. The second kappa shape index (κ2) is 5.08. The molecule has 2 heterocycles. The summed E-state index contributed by atoms with van der Waals surface area (Å²) in [7, 11) is 1.90. The predicted octanol–water partition coefficient (Wildman–Crippen LogP) is 2.43. The Kier molecular flexibility index (Phi) is 3.55. The highest BCUT2D eigenvalue weighted by Crippen LogP contribution is 2.40. The molecule has 1 aromatic rings. The van der Waals surface area contributed by atoms with Crippen LogP contribution in [-0.4, -0.2) is 53.7 Å². The largest absolute Gasteiger partial charge is 0.343 e. The molecule has 1 fully saturated rings. The van der Waals surface area contributed by atoms with Crippen molar-refractivity contribution < 1.29 is 4.79 Å². The highest BCUT2D eigenvalue weighted by atomic mass is 32.2. The summed E-state index contributed by atoms with van der Waals surface area (Å²) in [6.07, 6.45) is 0. The van der Waals surface area contributed by atoms with Crippen LogP contribution in [0.3, 0.4) is 0 Å². The Bertz CT molecular complexity index is 529. The van der Waals surface area contributed by atoms with Crippen molar-refractivity contribution in [2.75, 3.05) is 32.4 Å². The average molecular weight is 290 g/mol. The van der Waals surface area contributed by atoms with Crippen LogP contribution in [0.5, 0.6) is 0 Å². The third-order valence-corrected chi connectivity index (χ3v) is 5.86. The van der Waals surface area contributed by atoms with E-state index in [1.54, 1.807) is 0 Å². The summed E-state index contributed by atoms with van der Waals surface area (Å²) >= 11 is 1.94. The second-order valence-electron chi connectivity index (χ2n) is 6.28. The highest BCUT2D eigenvalue weighted by molar-refractivity contribution is 7.99. The first-order valence-corrected chi connectivity index (χ1v) is 8.21. The van der Waals surface area contributed by atoms with Crippen LogP contribution in [0.25, 0.3) is 0 Å². The minimum atomic E-state index is -0.380. The number of rotatable bonds is 2. The molecule has 1 atom stereocenters. The fraction of sp³-hybridized carbons (Fsp3) is 0.562. The zero-order valence-electron chi connectivity index (χ0n) is 12.4. The van der Waals surface area contributed by atoms with Gasteiger partial charge < -0.3 is 4.90 Å². The minimum absolute atomic E-state index is 0.239.